The van der Waals surface area contributed by atoms with Crippen LogP contribution < -0.4 is 0 Å². The Kier molecular flexibility index (Phi) is 4.65. The van der Waals surface area contributed by atoms with Gasteiger partial charge in [-0.3, -0.25) is 0 Å². The number of fused-ring (bicyclic) bond motifs is 1. The van der Waals surface area contributed by atoms with Crippen molar-refractivity contribution in [3.05, 3.63) is 0 Å². The van der Waals surface area contributed by atoms with Gasteiger partial charge in [0, 0.05) is 19.4 Å². The lowest BCUT2D eigenvalue weighted by Crippen LogP contribution is -2.56. The zero-order valence-electron chi connectivity index (χ0n) is 14.6. The van der Waals surface area contributed by atoms with E-state index in [0.717, 1.165) is 12.8 Å². The number of rotatable bonds is 5. The Balaban J connectivity index is 2.14. The molecule has 0 saturated heterocycles. The molecule has 0 aliphatic heterocycles. The van der Waals surface area contributed by atoms with Crippen LogP contribution in [0.5, 0.6) is 0 Å². The van der Waals surface area contributed by atoms with Crippen LogP contribution in [0.25, 0.3) is 0 Å². The number of aliphatic hydroxyl groups excluding tert-OH is 1. The zero-order chi connectivity index (χ0) is 16.1. The lowest BCUT2D eigenvalue weighted by atomic mass is 9.68. The van der Waals surface area contributed by atoms with E-state index in [9.17, 15) is 5.11 Å². The highest BCUT2D eigenvalue weighted by Crippen LogP contribution is 2.57. The van der Waals surface area contributed by atoms with E-state index in [1.807, 2.05) is 0 Å². The van der Waals surface area contributed by atoms with Crippen molar-refractivity contribution in [1.82, 2.24) is 0 Å². The fourth-order valence-corrected chi connectivity index (χ4v) is 5.47. The largest absolute Gasteiger partial charge is 0.411 e. The minimum atomic E-state index is -1.87. The highest BCUT2D eigenvalue weighted by Gasteiger charge is 2.62. The van der Waals surface area contributed by atoms with E-state index < -0.39 is 8.32 Å². The summed E-state index contributed by atoms with van der Waals surface area (Å²) in [6.45, 7) is 13.8. The molecule has 0 bridgehead atoms. The molecule has 0 aromatic carbocycles. The van der Waals surface area contributed by atoms with Crippen molar-refractivity contribution in [2.24, 2.45) is 11.8 Å². The molecule has 0 heterocycles. The maximum Gasteiger partial charge on any atom is 0.192 e. The van der Waals surface area contributed by atoms with E-state index in [1.165, 1.54) is 0 Å². The zero-order valence-corrected chi connectivity index (χ0v) is 15.6. The SMILES string of the molecule is COCO[C@H]1C[C@](C)(O[Si](C)(C)C(C)(C)C)[C@@H]2[C@H]1C[C@@H]2O. The first kappa shape index (κ1) is 17.4. The van der Waals surface area contributed by atoms with Crippen molar-refractivity contribution >= 4 is 8.32 Å². The molecule has 0 aromatic heterocycles. The van der Waals surface area contributed by atoms with Crippen molar-refractivity contribution in [2.75, 3.05) is 13.9 Å². The number of hydrogen-bond acceptors (Lipinski definition) is 4. The van der Waals surface area contributed by atoms with Gasteiger partial charge in [0.2, 0.25) is 0 Å². The molecule has 2 fully saturated rings. The molecule has 0 amide bonds. The van der Waals surface area contributed by atoms with Crippen molar-refractivity contribution in [2.45, 2.75) is 76.5 Å². The maximum absolute atomic E-state index is 10.2. The third-order valence-corrected chi connectivity index (χ3v) is 10.5. The molecular formula is C16H32O4Si. The second-order valence-corrected chi connectivity index (χ2v) is 13.2. The van der Waals surface area contributed by atoms with Gasteiger partial charge in [-0.05, 0) is 37.4 Å². The number of aliphatic hydroxyl groups is 1. The summed E-state index contributed by atoms with van der Waals surface area (Å²) in [5, 5.41) is 10.4. The van der Waals surface area contributed by atoms with Gasteiger partial charge in [-0.25, -0.2) is 0 Å². The Labute approximate surface area is 130 Å². The van der Waals surface area contributed by atoms with Crippen molar-refractivity contribution in [1.29, 1.82) is 0 Å². The molecule has 0 radical (unpaired) electrons. The minimum Gasteiger partial charge on any atom is -0.411 e. The normalized spacial score (nSPS) is 40.0. The first-order valence-electron chi connectivity index (χ1n) is 8.00. The molecule has 2 aliphatic rings. The summed E-state index contributed by atoms with van der Waals surface area (Å²) in [5.74, 6) is 0.610. The predicted molar refractivity (Wildman–Crippen MR) is 85.7 cm³/mol. The quantitative estimate of drug-likeness (QED) is 0.625. The van der Waals surface area contributed by atoms with Crippen molar-refractivity contribution in [3.63, 3.8) is 0 Å². The Bertz CT molecular complexity index is 379. The third kappa shape index (κ3) is 3.08. The van der Waals surface area contributed by atoms with E-state index >= 15 is 0 Å². The van der Waals surface area contributed by atoms with Gasteiger partial charge >= 0.3 is 0 Å². The Morgan fingerprint density at radius 2 is 1.90 bits per heavy atom. The lowest BCUT2D eigenvalue weighted by Gasteiger charge is -2.50. The smallest absolute Gasteiger partial charge is 0.192 e. The lowest BCUT2D eigenvalue weighted by molar-refractivity contribution is -0.133. The number of hydrogen-bond donors (Lipinski definition) is 1. The summed E-state index contributed by atoms with van der Waals surface area (Å²) in [6.07, 6.45) is 1.58. The van der Waals surface area contributed by atoms with Gasteiger partial charge < -0.3 is 19.0 Å². The fourth-order valence-electron chi connectivity index (χ4n) is 3.77. The summed E-state index contributed by atoms with van der Waals surface area (Å²) >= 11 is 0. The monoisotopic (exact) mass is 316 g/mol. The molecule has 124 valence electrons. The molecule has 0 aromatic rings. The summed E-state index contributed by atoms with van der Waals surface area (Å²) in [6, 6.07) is 0. The van der Waals surface area contributed by atoms with Gasteiger partial charge in [0.1, 0.15) is 6.79 Å². The van der Waals surface area contributed by atoms with Crippen LogP contribution in [0.2, 0.25) is 18.1 Å². The molecule has 0 unspecified atom stereocenters. The molecule has 0 spiro atoms. The predicted octanol–water partition coefficient (Wildman–Crippen LogP) is 3.16. The highest BCUT2D eigenvalue weighted by molar-refractivity contribution is 6.74. The summed E-state index contributed by atoms with van der Waals surface area (Å²) in [5.41, 5.74) is -0.274. The van der Waals surface area contributed by atoms with Gasteiger partial charge in [0.15, 0.2) is 8.32 Å². The number of methoxy groups -OCH3 is 1. The Morgan fingerprint density at radius 3 is 2.38 bits per heavy atom. The van der Waals surface area contributed by atoms with Crippen LogP contribution in [0.3, 0.4) is 0 Å². The molecule has 4 nitrogen and oxygen atoms in total. The molecule has 21 heavy (non-hydrogen) atoms. The Hall–Kier alpha value is 0.0569. The summed E-state index contributed by atoms with van der Waals surface area (Å²) in [7, 11) is -0.222. The molecule has 1 N–H and O–H groups in total. The van der Waals surface area contributed by atoms with E-state index in [1.54, 1.807) is 7.11 Å². The molecule has 2 aliphatic carbocycles. The van der Waals surface area contributed by atoms with E-state index in [2.05, 4.69) is 40.8 Å². The molecule has 5 heteroatoms. The molecule has 5 atom stereocenters. The summed E-state index contributed by atoms with van der Waals surface area (Å²) < 4.78 is 17.6. The third-order valence-electron chi connectivity index (χ3n) is 5.87. The van der Waals surface area contributed by atoms with E-state index in [4.69, 9.17) is 13.9 Å². The summed E-state index contributed by atoms with van der Waals surface area (Å²) in [4.78, 5) is 0. The van der Waals surface area contributed by atoms with E-state index in [0.29, 0.717) is 12.7 Å². The van der Waals surface area contributed by atoms with Crippen molar-refractivity contribution < 1.29 is 19.0 Å². The van der Waals surface area contributed by atoms with E-state index in [-0.39, 0.29) is 28.8 Å². The maximum atomic E-state index is 10.2. The molecule has 2 rings (SSSR count). The Morgan fingerprint density at radius 1 is 1.29 bits per heavy atom. The van der Waals surface area contributed by atoms with Crippen LogP contribution in [-0.2, 0) is 13.9 Å². The van der Waals surface area contributed by atoms with Crippen LogP contribution in [0, 0.1) is 11.8 Å². The molecular weight excluding hydrogens is 284 g/mol. The van der Waals surface area contributed by atoms with Crippen LogP contribution in [-0.4, -0.2) is 45.1 Å². The second kappa shape index (κ2) is 5.60. The van der Waals surface area contributed by atoms with Gasteiger partial charge in [0.25, 0.3) is 0 Å². The first-order valence-corrected chi connectivity index (χ1v) is 10.9. The fraction of sp³-hybridized carbons (Fsp3) is 1.00. The minimum absolute atomic E-state index is 0.146. The van der Waals surface area contributed by atoms with Crippen LogP contribution in [0.4, 0.5) is 0 Å². The van der Waals surface area contributed by atoms with Gasteiger partial charge in [-0.2, -0.15) is 0 Å². The second-order valence-electron chi connectivity index (χ2n) is 8.48. The number of ether oxygens (including phenoxy) is 2. The average Bonchev–Trinajstić information content (AvgIpc) is 2.50. The van der Waals surface area contributed by atoms with Crippen molar-refractivity contribution in [3.8, 4) is 0 Å². The first-order chi connectivity index (χ1) is 9.52. The average molecular weight is 317 g/mol. The van der Waals surface area contributed by atoms with Crippen LogP contribution >= 0.6 is 0 Å². The molecule has 2 saturated carbocycles. The topological polar surface area (TPSA) is 47.9 Å². The van der Waals surface area contributed by atoms with Crippen LogP contribution in [0.15, 0.2) is 0 Å². The standard InChI is InChI=1S/C16H32O4Si/c1-15(2,3)21(6,7)20-16(4)9-13(19-10-18-5)11-8-12(17)14(11)16/h11-14,17H,8-10H2,1-7H3/t11-,12-,13-,14+,16-/m0/s1. The van der Waals surface area contributed by atoms with Gasteiger partial charge in [-0.15, -0.1) is 0 Å². The van der Waals surface area contributed by atoms with Crippen LogP contribution in [0.1, 0.15) is 40.5 Å². The van der Waals surface area contributed by atoms with Gasteiger partial charge in [0.05, 0.1) is 17.8 Å². The van der Waals surface area contributed by atoms with Gasteiger partial charge in [-0.1, -0.05) is 20.8 Å². The highest BCUT2D eigenvalue weighted by atomic mass is 28.4.